The number of hydrogen-bond donors (Lipinski definition) is 1. The van der Waals surface area contributed by atoms with Gasteiger partial charge in [-0.3, -0.25) is 20.2 Å². The van der Waals surface area contributed by atoms with E-state index in [1.165, 1.54) is 23.5 Å². The van der Waals surface area contributed by atoms with Gasteiger partial charge in [0.1, 0.15) is 24.0 Å². The van der Waals surface area contributed by atoms with Gasteiger partial charge in [-0.1, -0.05) is 35.6 Å². The first-order valence-electron chi connectivity index (χ1n) is 10.6. The minimum atomic E-state index is -0.589. The number of morpholine rings is 1. The minimum Gasteiger partial charge on any atom is -0.489 e. The number of aromatic nitrogens is 2. The zero-order valence-corrected chi connectivity index (χ0v) is 19.2. The van der Waals surface area contributed by atoms with Crippen molar-refractivity contribution in [2.45, 2.75) is 6.61 Å². The molecule has 1 amide bonds. The number of hydrogen-bond acceptors (Lipinski definition) is 10. The van der Waals surface area contributed by atoms with Crippen molar-refractivity contribution in [3.8, 4) is 11.8 Å². The van der Waals surface area contributed by atoms with Crippen LogP contribution in [0.5, 0.6) is 5.75 Å². The van der Waals surface area contributed by atoms with Gasteiger partial charge in [0.05, 0.1) is 23.7 Å². The van der Waals surface area contributed by atoms with Crippen LogP contribution in [0.15, 0.2) is 54.1 Å². The number of para-hydroxylation sites is 1. The largest absolute Gasteiger partial charge is 0.489 e. The fraction of sp³-hybridized carbons (Fsp3) is 0.217. The molecule has 4 rings (SSSR count). The molecule has 0 atom stereocenters. The van der Waals surface area contributed by atoms with Gasteiger partial charge in [-0.2, -0.15) is 5.26 Å². The number of rotatable bonds is 8. The molecular formula is C23H20N6O5S. The Morgan fingerprint density at radius 2 is 1.97 bits per heavy atom. The Morgan fingerprint density at radius 3 is 2.69 bits per heavy atom. The van der Waals surface area contributed by atoms with Gasteiger partial charge >= 0.3 is 0 Å². The molecule has 1 aliphatic rings. The lowest BCUT2D eigenvalue weighted by Gasteiger charge is -2.25. The SMILES string of the molecule is N#C/C(=C/c1ccc(OCc2ccccc2[N+](=O)[O-])cc1)C(=O)Nc1nnc(N2CCOCC2)s1. The van der Waals surface area contributed by atoms with Gasteiger partial charge in [0.15, 0.2) is 0 Å². The minimum absolute atomic E-state index is 0.00998. The lowest BCUT2D eigenvalue weighted by molar-refractivity contribution is -0.385. The number of ether oxygens (including phenoxy) is 2. The van der Waals surface area contributed by atoms with Crippen molar-refractivity contribution in [3.63, 3.8) is 0 Å². The van der Waals surface area contributed by atoms with Gasteiger partial charge in [-0.25, -0.2) is 0 Å². The second-order valence-electron chi connectivity index (χ2n) is 7.36. The Morgan fingerprint density at radius 1 is 1.23 bits per heavy atom. The number of nitro groups is 1. The maximum atomic E-state index is 12.6. The first-order chi connectivity index (χ1) is 17.0. The van der Waals surface area contributed by atoms with Gasteiger partial charge in [-0.05, 0) is 29.8 Å². The Bertz CT molecular complexity index is 1280. The highest BCUT2D eigenvalue weighted by molar-refractivity contribution is 7.19. The van der Waals surface area contributed by atoms with E-state index in [2.05, 4.69) is 15.5 Å². The third kappa shape index (κ3) is 6.17. The Labute approximate surface area is 204 Å². The molecule has 0 saturated carbocycles. The summed E-state index contributed by atoms with van der Waals surface area (Å²) in [4.78, 5) is 25.3. The van der Waals surface area contributed by atoms with Gasteiger partial charge in [0, 0.05) is 19.2 Å². The van der Waals surface area contributed by atoms with E-state index in [4.69, 9.17) is 9.47 Å². The van der Waals surface area contributed by atoms with E-state index in [0.29, 0.717) is 53.4 Å². The monoisotopic (exact) mass is 492 g/mol. The van der Waals surface area contributed by atoms with Gasteiger partial charge in [0.25, 0.3) is 11.6 Å². The highest BCUT2D eigenvalue weighted by Crippen LogP contribution is 2.25. The molecular weight excluding hydrogens is 472 g/mol. The van der Waals surface area contributed by atoms with Crippen molar-refractivity contribution in [3.05, 3.63) is 75.3 Å². The molecule has 0 unspecified atom stereocenters. The van der Waals surface area contributed by atoms with E-state index < -0.39 is 10.8 Å². The van der Waals surface area contributed by atoms with E-state index in [-0.39, 0.29) is 17.9 Å². The molecule has 1 aliphatic heterocycles. The molecule has 1 aromatic heterocycles. The van der Waals surface area contributed by atoms with Gasteiger partial charge < -0.3 is 14.4 Å². The second-order valence-corrected chi connectivity index (χ2v) is 8.31. The Hall–Kier alpha value is -4.34. The Kier molecular flexibility index (Phi) is 7.61. The number of nitriles is 1. The standard InChI is InChI=1S/C23H20N6O5S/c24-14-18(21(30)25-22-26-27-23(35-22)28-9-11-33-12-10-28)13-16-5-7-19(8-6-16)34-15-17-3-1-2-4-20(17)29(31)32/h1-8,13H,9-12,15H2,(H,25,26,30)/b18-13-. The van der Waals surface area contributed by atoms with Crippen LogP contribution in [0.25, 0.3) is 6.08 Å². The maximum absolute atomic E-state index is 12.6. The zero-order chi connectivity index (χ0) is 24.6. The number of nitro benzene ring substituents is 1. The lowest BCUT2D eigenvalue weighted by atomic mass is 10.1. The molecule has 0 aliphatic carbocycles. The summed E-state index contributed by atoms with van der Waals surface area (Å²) in [5.74, 6) is -0.0957. The quantitative estimate of drug-likeness (QED) is 0.216. The van der Waals surface area contributed by atoms with Gasteiger partial charge in [0.2, 0.25) is 10.3 Å². The topological polar surface area (TPSA) is 144 Å². The molecule has 2 aromatic carbocycles. The van der Waals surface area contributed by atoms with Gasteiger partial charge in [-0.15, -0.1) is 10.2 Å². The molecule has 12 heteroatoms. The number of nitrogens with zero attached hydrogens (tertiary/aromatic N) is 5. The van der Waals surface area contributed by atoms with Crippen LogP contribution in [0.4, 0.5) is 16.0 Å². The summed E-state index contributed by atoms with van der Waals surface area (Å²) >= 11 is 1.23. The molecule has 3 aromatic rings. The van der Waals surface area contributed by atoms with Crippen molar-refractivity contribution in [1.29, 1.82) is 5.26 Å². The summed E-state index contributed by atoms with van der Waals surface area (Å²) in [6.45, 7) is 2.66. The van der Waals surface area contributed by atoms with Crippen molar-refractivity contribution in [1.82, 2.24) is 10.2 Å². The molecule has 2 heterocycles. The number of nitrogens with one attached hydrogen (secondary N) is 1. The summed E-state index contributed by atoms with van der Waals surface area (Å²) in [6.07, 6.45) is 1.45. The summed E-state index contributed by atoms with van der Waals surface area (Å²) < 4.78 is 11.0. The molecule has 1 fully saturated rings. The fourth-order valence-corrected chi connectivity index (χ4v) is 4.05. The van der Waals surface area contributed by atoms with E-state index in [1.807, 2.05) is 11.0 Å². The van der Waals surface area contributed by atoms with Crippen LogP contribution in [0.3, 0.4) is 0 Å². The van der Waals surface area contributed by atoms with Crippen LogP contribution >= 0.6 is 11.3 Å². The molecule has 0 radical (unpaired) electrons. The highest BCUT2D eigenvalue weighted by atomic mass is 32.1. The number of anilines is 2. The molecule has 35 heavy (non-hydrogen) atoms. The third-order valence-electron chi connectivity index (χ3n) is 5.06. The van der Waals surface area contributed by atoms with E-state index >= 15 is 0 Å². The Balaban J connectivity index is 1.37. The van der Waals surface area contributed by atoms with E-state index in [0.717, 1.165) is 0 Å². The number of carbonyl (C=O) groups excluding carboxylic acids is 1. The van der Waals surface area contributed by atoms with Crippen molar-refractivity contribution >= 4 is 39.3 Å². The average molecular weight is 493 g/mol. The van der Waals surface area contributed by atoms with Crippen molar-refractivity contribution in [2.24, 2.45) is 0 Å². The molecule has 0 bridgehead atoms. The van der Waals surface area contributed by atoms with Crippen molar-refractivity contribution < 1.29 is 19.2 Å². The average Bonchev–Trinajstić information content (AvgIpc) is 3.35. The van der Waals surface area contributed by atoms with E-state index in [9.17, 15) is 20.2 Å². The molecule has 0 spiro atoms. The van der Waals surface area contributed by atoms with Crippen LogP contribution in [-0.4, -0.2) is 47.3 Å². The first kappa shape index (κ1) is 23.8. The molecule has 1 N–H and O–H groups in total. The van der Waals surface area contributed by atoms with Crippen molar-refractivity contribution in [2.75, 3.05) is 36.5 Å². The van der Waals surface area contributed by atoms with Crippen LogP contribution in [0, 0.1) is 21.4 Å². The lowest BCUT2D eigenvalue weighted by Crippen LogP contribution is -2.36. The second kappa shape index (κ2) is 11.2. The molecule has 1 saturated heterocycles. The zero-order valence-electron chi connectivity index (χ0n) is 18.4. The maximum Gasteiger partial charge on any atom is 0.276 e. The fourth-order valence-electron chi connectivity index (χ4n) is 3.26. The van der Waals surface area contributed by atoms with Crippen LogP contribution in [0.1, 0.15) is 11.1 Å². The normalized spacial score (nSPS) is 13.7. The third-order valence-corrected chi connectivity index (χ3v) is 5.95. The predicted molar refractivity (Wildman–Crippen MR) is 129 cm³/mol. The van der Waals surface area contributed by atoms with Crippen LogP contribution in [-0.2, 0) is 16.1 Å². The summed E-state index contributed by atoms with van der Waals surface area (Å²) in [7, 11) is 0. The van der Waals surface area contributed by atoms with E-state index in [1.54, 1.807) is 42.5 Å². The number of benzene rings is 2. The smallest absolute Gasteiger partial charge is 0.276 e. The molecule has 11 nitrogen and oxygen atoms in total. The number of carbonyl (C=O) groups is 1. The summed E-state index contributed by atoms with van der Waals surface area (Å²) in [5, 5.41) is 32.3. The highest BCUT2D eigenvalue weighted by Gasteiger charge is 2.18. The van der Waals surface area contributed by atoms with Crippen LogP contribution in [0.2, 0.25) is 0 Å². The van der Waals surface area contributed by atoms with Crippen LogP contribution < -0.4 is 15.0 Å². The number of amides is 1. The predicted octanol–water partition coefficient (Wildman–Crippen LogP) is 3.41. The summed E-state index contributed by atoms with van der Waals surface area (Å²) in [5.41, 5.74) is 0.963. The first-order valence-corrected chi connectivity index (χ1v) is 11.4. The molecule has 178 valence electrons. The summed E-state index contributed by atoms with van der Waals surface area (Å²) in [6, 6.07) is 14.9.